The van der Waals surface area contributed by atoms with Crippen molar-refractivity contribution in [1.29, 1.82) is 0 Å². The van der Waals surface area contributed by atoms with E-state index in [-0.39, 0.29) is 6.42 Å². The van der Waals surface area contributed by atoms with Gasteiger partial charge in [-0.3, -0.25) is 0 Å². The number of aliphatic hydroxyl groups excluding tert-OH is 1. The van der Waals surface area contributed by atoms with Gasteiger partial charge >= 0.3 is 12.1 Å². The van der Waals surface area contributed by atoms with E-state index in [0.717, 1.165) is 4.90 Å². The molecule has 19 heavy (non-hydrogen) atoms. The number of carboxylic acids is 1. The number of halogens is 3. The van der Waals surface area contributed by atoms with E-state index in [2.05, 4.69) is 0 Å². The smallest absolute Gasteiger partial charge is 0.416 e. The number of anilines is 1. The van der Waals surface area contributed by atoms with Crippen LogP contribution in [-0.4, -0.2) is 41.0 Å². The topological polar surface area (TPSA) is 60.8 Å². The van der Waals surface area contributed by atoms with Crippen molar-refractivity contribution in [1.82, 2.24) is 0 Å². The lowest BCUT2D eigenvalue weighted by Crippen LogP contribution is -2.47. The Morgan fingerprint density at radius 1 is 1.42 bits per heavy atom. The molecule has 7 heteroatoms. The first-order chi connectivity index (χ1) is 8.80. The zero-order valence-electron chi connectivity index (χ0n) is 9.76. The summed E-state index contributed by atoms with van der Waals surface area (Å²) in [4.78, 5) is 12.2. The SMILES string of the molecule is O=C(O)C1Cc2ccccc2N1CC(O)C(F)(F)F. The molecular formula is C12H12F3NO3. The molecular weight excluding hydrogens is 263 g/mol. The van der Waals surface area contributed by atoms with Gasteiger partial charge in [0.25, 0.3) is 0 Å². The van der Waals surface area contributed by atoms with E-state index >= 15 is 0 Å². The zero-order chi connectivity index (χ0) is 14.2. The molecule has 2 N–H and O–H groups in total. The number of carbonyl (C=O) groups is 1. The fourth-order valence-electron chi connectivity index (χ4n) is 2.19. The number of aliphatic hydroxyl groups is 1. The average Bonchev–Trinajstić information content (AvgIpc) is 2.67. The molecule has 104 valence electrons. The molecule has 2 atom stereocenters. The van der Waals surface area contributed by atoms with Gasteiger partial charge in [-0.25, -0.2) is 4.79 Å². The van der Waals surface area contributed by atoms with Gasteiger partial charge in [-0.2, -0.15) is 13.2 Å². The van der Waals surface area contributed by atoms with Crippen molar-refractivity contribution in [2.75, 3.05) is 11.4 Å². The molecule has 1 aliphatic rings. The minimum absolute atomic E-state index is 0.135. The Morgan fingerprint density at radius 3 is 2.63 bits per heavy atom. The number of para-hydroxylation sites is 1. The van der Waals surface area contributed by atoms with Crippen LogP contribution in [0.4, 0.5) is 18.9 Å². The van der Waals surface area contributed by atoms with Gasteiger partial charge in [0, 0.05) is 12.1 Å². The van der Waals surface area contributed by atoms with Gasteiger partial charge in [-0.1, -0.05) is 18.2 Å². The number of benzene rings is 1. The molecule has 0 saturated carbocycles. The quantitative estimate of drug-likeness (QED) is 0.876. The monoisotopic (exact) mass is 275 g/mol. The van der Waals surface area contributed by atoms with Crippen LogP contribution in [0.25, 0.3) is 0 Å². The van der Waals surface area contributed by atoms with E-state index in [0.29, 0.717) is 11.3 Å². The van der Waals surface area contributed by atoms with Crippen molar-refractivity contribution in [3.05, 3.63) is 29.8 Å². The number of hydrogen-bond acceptors (Lipinski definition) is 3. The maximum absolute atomic E-state index is 12.4. The van der Waals surface area contributed by atoms with E-state index in [4.69, 9.17) is 10.2 Å². The third-order valence-electron chi connectivity index (χ3n) is 3.12. The van der Waals surface area contributed by atoms with Crippen molar-refractivity contribution in [3.8, 4) is 0 Å². The lowest BCUT2D eigenvalue weighted by molar-refractivity contribution is -0.200. The third kappa shape index (κ3) is 2.65. The van der Waals surface area contributed by atoms with Crippen molar-refractivity contribution in [2.45, 2.75) is 24.7 Å². The molecule has 0 aromatic heterocycles. The minimum Gasteiger partial charge on any atom is -0.480 e. The van der Waals surface area contributed by atoms with E-state index in [9.17, 15) is 18.0 Å². The molecule has 0 fully saturated rings. The van der Waals surface area contributed by atoms with Crippen molar-refractivity contribution < 1.29 is 28.2 Å². The summed E-state index contributed by atoms with van der Waals surface area (Å²) in [6, 6.07) is 5.47. The maximum atomic E-state index is 12.4. The van der Waals surface area contributed by atoms with Gasteiger partial charge in [0.15, 0.2) is 6.10 Å². The summed E-state index contributed by atoms with van der Waals surface area (Å²) in [5, 5.41) is 18.2. The molecule has 0 aliphatic carbocycles. The summed E-state index contributed by atoms with van der Waals surface area (Å²) >= 11 is 0. The zero-order valence-corrected chi connectivity index (χ0v) is 9.76. The second-order valence-electron chi connectivity index (χ2n) is 4.40. The number of alkyl halides is 3. The van der Waals surface area contributed by atoms with Crippen LogP contribution >= 0.6 is 0 Å². The normalized spacial score (nSPS) is 20.2. The molecule has 0 radical (unpaired) electrons. The number of rotatable bonds is 3. The molecule has 4 nitrogen and oxygen atoms in total. The van der Waals surface area contributed by atoms with Crippen LogP contribution < -0.4 is 4.90 Å². The number of nitrogens with zero attached hydrogens (tertiary/aromatic N) is 1. The lowest BCUT2D eigenvalue weighted by atomic mass is 10.1. The molecule has 2 unspecified atom stereocenters. The molecule has 1 aliphatic heterocycles. The highest BCUT2D eigenvalue weighted by molar-refractivity contribution is 5.82. The Morgan fingerprint density at radius 2 is 2.05 bits per heavy atom. The highest BCUT2D eigenvalue weighted by Gasteiger charge is 2.43. The molecule has 2 rings (SSSR count). The predicted molar refractivity (Wildman–Crippen MR) is 61.0 cm³/mol. The van der Waals surface area contributed by atoms with Gasteiger partial charge < -0.3 is 15.1 Å². The number of hydrogen-bond donors (Lipinski definition) is 2. The summed E-state index contributed by atoms with van der Waals surface area (Å²) in [6.45, 7) is -0.780. The number of aliphatic carboxylic acids is 1. The summed E-state index contributed by atoms with van der Waals surface area (Å²) < 4.78 is 37.1. The van der Waals surface area contributed by atoms with Crippen molar-refractivity contribution in [3.63, 3.8) is 0 Å². The van der Waals surface area contributed by atoms with Gasteiger partial charge in [-0.05, 0) is 11.6 Å². The first-order valence-electron chi connectivity index (χ1n) is 5.63. The van der Waals surface area contributed by atoms with Crippen LogP contribution in [0.3, 0.4) is 0 Å². The van der Waals surface area contributed by atoms with Crippen LogP contribution in [0.15, 0.2) is 24.3 Å². The van der Waals surface area contributed by atoms with Gasteiger partial charge in [0.2, 0.25) is 0 Å². The minimum atomic E-state index is -4.76. The molecule has 0 spiro atoms. The first kappa shape index (κ1) is 13.7. The maximum Gasteiger partial charge on any atom is 0.416 e. The number of β-amino-alcohol motifs (C(OH)–C–C–N with tert-alkyl or cyclic N) is 1. The Bertz CT molecular complexity index is 489. The summed E-state index contributed by atoms with van der Waals surface area (Å²) in [6.07, 6.45) is -7.20. The Hall–Kier alpha value is -1.76. The van der Waals surface area contributed by atoms with Crippen LogP contribution in [0.1, 0.15) is 5.56 Å². The highest BCUT2D eigenvalue weighted by atomic mass is 19.4. The second-order valence-corrected chi connectivity index (χ2v) is 4.40. The fourth-order valence-corrected chi connectivity index (χ4v) is 2.19. The van der Waals surface area contributed by atoms with Crippen LogP contribution in [0, 0.1) is 0 Å². The van der Waals surface area contributed by atoms with E-state index in [1.165, 1.54) is 0 Å². The Kier molecular flexibility index (Phi) is 3.40. The lowest BCUT2D eigenvalue weighted by Gasteiger charge is -2.28. The Labute approximate surface area is 107 Å². The molecule has 1 heterocycles. The van der Waals surface area contributed by atoms with Crippen LogP contribution in [-0.2, 0) is 11.2 Å². The standard InChI is InChI=1S/C12H12F3NO3/c13-12(14,15)10(17)6-16-8-4-2-1-3-7(8)5-9(16)11(18)19/h1-4,9-10,17H,5-6H2,(H,18,19). The van der Waals surface area contributed by atoms with Gasteiger partial charge in [0.1, 0.15) is 6.04 Å². The molecule has 1 aromatic rings. The Balaban J connectivity index is 2.27. The first-order valence-corrected chi connectivity index (χ1v) is 5.63. The van der Waals surface area contributed by atoms with Crippen LogP contribution in [0.2, 0.25) is 0 Å². The molecule has 0 bridgehead atoms. The van der Waals surface area contributed by atoms with Gasteiger partial charge in [0.05, 0.1) is 6.54 Å². The van der Waals surface area contributed by atoms with E-state index < -0.39 is 30.8 Å². The fraction of sp³-hybridized carbons (Fsp3) is 0.417. The largest absolute Gasteiger partial charge is 0.480 e. The summed E-state index contributed by atoms with van der Waals surface area (Å²) in [5.41, 5.74) is 1.10. The van der Waals surface area contributed by atoms with E-state index in [1.54, 1.807) is 24.3 Å². The summed E-state index contributed by atoms with van der Waals surface area (Å²) in [5.74, 6) is -1.20. The molecule has 0 saturated heterocycles. The highest BCUT2D eigenvalue weighted by Crippen LogP contribution is 2.33. The summed E-state index contributed by atoms with van der Waals surface area (Å²) in [7, 11) is 0. The molecule has 0 amide bonds. The second kappa shape index (κ2) is 4.73. The van der Waals surface area contributed by atoms with Crippen molar-refractivity contribution in [2.24, 2.45) is 0 Å². The average molecular weight is 275 g/mol. The molecule has 1 aromatic carbocycles. The number of fused-ring (bicyclic) bond motifs is 1. The van der Waals surface area contributed by atoms with Crippen LogP contribution in [0.5, 0.6) is 0 Å². The van der Waals surface area contributed by atoms with Crippen molar-refractivity contribution >= 4 is 11.7 Å². The van der Waals surface area contributed by atoms with E-state index in [1.807, 2.05) is 0 Å². The van der Waals surface area contributed by atoms with Gasteiger partial charge in [-0.15, -0.1) is 0 Å². The predicted octanol–water partition coefficient (Wildman–Crippen LogP) is 1.43. The third-order valence-corrected chi connectivity index (χ3v) is 3.12. The number of carboxylic acid groups (broad SMARTS) is 1.